The fraction of sp³-hybridized carbons (Fsp3) is 0.387. The van der Waals surface area contributed by atoms with Gasteiger partial charge in [-0.15, -0.1) is 0 Å². The lowest BCUT2D eigenvalue weighted by Crippen LogP contribution is -2.42. The number of hydrogen-bond acceptors (Lipinski definition) is 17. The molecular weight excluding hydrogens is 668 g/mol. The van der Waals surface area contributed by atoms with Crippen molar-refractivity contribution in [1.29, 1.82) is 10.5 Å². The Balaban J connectivity index is 0.000000263. The third kappa shape index (κ3) is 11.0. The summed E-state index contributed by atoms with van der Waals surface area (Å²) in [4.78, 5) is 46.3. The molecule has 0 radical (unpaired) electrons. The molecule has 0 aliphatic carbocycles. The molecule has 0 aromatic carbocycles. The Hall–Kier alpha value is -6.14. The van der Waals surface area contributed by atoms with Crippen molar-refractivity contribution in [3.63, 3.8) is 0 Å². The van der Waals surface area contributed by atoms with Gasteiger partial charge in [0.1, 0.15) is 53.0 Å². The van der Waals surface area contributed by atoms with Crippen LogP contribution in [0.5, 0.6) is 11.8 Å². The van der Waals surface area contributed by atoms with Crippen molar-refractivity contribution in [1.82, 2.24) is 44.8 Å². The molecule has 4 aromatic rings. The lowest BCUT2D eigenvalue weighted by atomic mass is 9.97. The van der Waals surface area contributed by atoms with Gasteiger partial charge in [-0.2, -0.15) is 20.5 Å². The van der Waals surface area contributed by atoms with Crippen LogP contribution >= 0.6 is 11.6 Å². The zero-order valence-electron chi connectivity index (χ0n) is 28.0. The maximum atomic E-state index is 12.2. The lowest BCUT2D eigenvalue weighted by molar-refractivity contribution is 0.0188. The smallest absolute Gasteiger partial charge is 0.410 e. The standard InChI is InChI=1S/C21H28N8O3.C10H7ClN6O/c1-21(2,3)32-20(30)29-7-5-14(6-8-29)11-24-16-9-17(26-13-25-16)27-18-12-23-15(10-22)19(28-18)31-4;1-18-10-6(3-12)13-4-9(17-10)16-8-2-7(11)14-5-15-8/h9,12-14H,5-8,11H2,1-4H3,(H2,24,25,26,27,28);2,4-5H,1H3,(H,14,15,16,17). The largest absolute Gasteiger partial charge is 0.479 e. The van der Waals surface area contributed by atoms with Gasteiger partial charge in [0.25, 0.3) is 11.8 Å². The molecule has 50 heavy (non-hydrogen) atoms. The molecule has 0 unspecified atom stereocenters. The van der Waals surface area contributed by atoms with Crippen LogP contribution in [0, 0.1) is 28.6 Å². The number of piperidine rings is 1. The van der Waals surface area contributed by atoms with Gasteiger partial charge in [-0.25, -0.2) is 34.7 Å². The Morgan fingerprint density at radius 1 is 0.840 bits per heavy atom. The SMILES string of the molecule is COc1nc(Nc2cc(Cl)ncn2)cnc1C#N.COc1nc(Nc2cc(NCC3CCN(C(=O)OC(C)(C)C)CC3)ncn2)cnc1C#N. The molecule has 0 saturated carbocycles. The van der Waals surface area contributed by atoms with Gasteiger partial charge in [0.2, 0.25) is 11.4 Å². The number of ether oxygens (including phenoxy) is 3. The number of amides is 1. The molecule has 5 rings (SSSR count). The van der Waals surface area contributed by atoms with Crippen molar-refractivity contribution in [2.45, 2.75) is 39.2 Å². The number of likely N-dealkylation sites (tertiary alicyclic amines) is 1. The summed E-state index contributed by atoms with van der Waals surface area (Å²) >= 11 is 5.72. The highest BCUT2D eigenvalue weighted by Crippen LogP contribution is 2.22. The first-order valence-electron chi connectivity index (χ1n) is 15.2. The van der Waals surface area contributed by atoms with Gasteiger partial charge in [0.15, 0.2) is 11.6 Å². The number of rotatable bonds is 9. The van der Waals surface area contributed by atoms with E-state index in [0.717, 1.165) is 19.4 Å². The number of anilines is 5. The zero-order valence-corrected chi connectivity index (χ0v) is 28.8. The fourth-order valence-corrected chi connectivity index (χ4v) is 4.53. The van der Waals surface area contributed by atoms with Crippen LogP contribution in [-0.2, 0) is 4.74 Å². The monoisotopic (exact) mass is 702 g/mol. The number of methoxy groups -OCH3 is 2. The van der Waals surface area contributed by atoms with Crippen LogP contribution in [0.15, 0.2) is 37.2 Å². The second-order valence-electron chi connectivity index (χ2n) is 11.5. The summed E-state index contributed by atoms with van der Waals surface area (Å²) in [6.45, 7) is 7.71. The third-order valence-corrected chi connectivity index (χ3v) is 6.94. The Labute approximate surface area is 293 Å². The number of nitrogens with zero attached hydrogens (tertiary/aromatic N) is 11. The maximum absolute atomic E-state index is 12.2. The van der Waals surface area contributed by atoms with E-state index in [1.165, 1.54) is 45.3 Å². The van der Waals surface area contributed by atoms with E-state index in [-0.39, 0.29) is 29.2 Å². The van der Waals surface area contributed by atoms with Crippen molar-refractivity contribution in [3.8, 4) is 23.9 Å². The minimum Gasteiger partial charge on any atom is -0.479 e. The third-order valence-electron chi connectivity index (χ3n) is 6.73. The summed E-state index contributed by atoms with van der Waals surface area (Å²) in [5.41, 5.74) is -0.257. The van der Waals surface area contributed by atoms with E-state index >= 15 is 0 Å². The molecule has 1 aliphatic rings. The van der Waals surface area contributed by atoms with Crippen LogP contribution in [0.1, 0.15) is 45.0 Å². The van der Waals surface area contributed by atoms with E-state index in [9.17, 15) is 4.79 Å². The highest BCUT2D eigenvalue weighted by atomic mass is 35.5. The lowest BCUT2D eigenvalue weighted by Gasteiger charge is -2.33. The number of aromatic nitrogens is 8. The number of carbonyl (C=O) groups excluding carboxylic acids is 1. The summed E-state index contributed by atoms with van der Waals surface area (Å²) in [5, 5.41) is 27.3. The Kier molecular flexibility index (Phi) is 12.7. The van der Waals surface area contributed by atoms with Crippen molar-refractivity contribution >= 4 is 46.8 Å². The van der Waals surface area contributed by atoms with E-state index in [2.05, 4.69) is 55.8 Å². The molecule has 0 spiro atoms. The van der Waals surface area contributed by atoms with Crippen LogP contribution in [0.3, 0.4) is 0 Å². The fourth-order valence-electron chi connectivity index (χ4n) is 4.38. The number of halogens is 1. The summed E-state index contributed by atoms with van der Waals surface area (Å²) in [5.74, 6) is 3.17. The van der Waals surface area contributed by atoms with Crippen molar-refractivity contribution in [2.75, 3.05) is 49.8 Å². The minimum atomic E-state index is -0.483. The normalized spacial score (nSPS) is 12.7. The van der Waals surface area contributed by atoms with Gasteiger partial charge in [0.05, 0.1) is 26.6 Å². The van der Waals surface area contributed by atoms with Crippen molar-refractivity contribution in [2.24, 2.45) is 5.92 Å². The Morgan fingerprint density at radius 3 is 1.86 bits per heavy atom. The molecule has 260 valence electrons. The molecule has 1 fully saturated rings. The van der Waals surface area contributed by atoms with E-state index < -0.39 is 5.60 Å². The van der Waals surface area contributed by atoms with E-state index in [4.69, 9.17) is 36.3 Å². The number of carbonyl (C=O) groups is 1. The first kappa shape index (κ1) is 36.7. The first-order chi connectivity index (χ1) is 24.0. The average Bonchev–Trinajstić information content (AvgIpc) is 3.10. The Bertz CT molecular complexity index is 1850. The predicted octanol–water partition coefficient (Wildman–Crippen LogP) is 4.49. The summed E-state index contributed by atoms with van der Waals surface area (Å²) in [6, 6.07) is 7.10. The first-order valence-corrected chi connectivity index (χ1v) is 15.6. The molecule has 0 atom stereocenters. The number of nitrogens with one attached hydrogen (secondary N) is 3. The molecule has 0 bridgehead atoms. The Morgan fingerprint density at radius 2 is 1.36 bits per heavy atom. The van der Waals surface area contributed by atoms with E-state index in [1.807, 2.05) is 32.9 Å². The van der Waals surface area contributed by atoms with E-state index in [0.29, 0.717) is 53.2 Å². The zero-order chi connectivity index (χ0) is 36.1. The highest BCUT2D eigenvalue weighted by molar-refractivity contribution is 6.29. The predicted molar refractivity (Wildman–Crippen MR) is 181 cm³/mol. The van der Waals surface area contributed by atoms with Gasteiger partial charge < -0.3 is 35.1 Å². The molecule has 4 aromatic heterocycles. The molecule has 1 saturated heterocycles. The van der Waals surface area contributed by atoms with E-state index in [1.54, 1.807) is 11.0 Å². The summed E-state index contributed by atoms with van der Waals surface area (Å²) < 4.78 is 15.5. The second kappa shape index (κ2) is 17.3. The van der Waals surface area contributed by atoms with Crippen LogP contribution < -0.4 is 25.4 Å². The van der Waals surface area contributed by atoms with Crippen LogP contribution in [0.2, 0.25) is 5.15 Å². The minimum absolute atomic E-state index is 0.112. The van der Waals surface area contributed by atoms with Gasteiger partial charge >= 0.3 is 6.09 Å². The maximum Gasteiger partial charge on any atom is 0.410 e. The average molecular weight is 703 g/mol. The van der Waals surface area contributed by atoms with Crippen molar-refractivity contribution < 1.29 is 19.0 Å². The number of hydrogen-bond donors (Lipinski definition) is 3. The van der Waals surface area contributed by atoms with Gasteiger partial charge in [-0.3, -0.25) is 0 Å². The topological polar surface area (TPSA) is 235 Å². The van der Waals surface area contributed by atoms with Crippen molar-refractivity contribution in [3.05, 3.63) is 53.7 Å². The quantitative estimate of drug-likeness (QED) is 0.204. The van der Waals surface area contributed by atoms with Crippen LogP contribution in [-0.4, -0.2) is 90.3 Å². The van der Waals surface area contributed by atoms with Gasteiger partial charge in [-0.1, -0.05) is 11.6 Å². The van der Waals surface area contributed by atoms with Gasteiger partial charge in [-0.05, 0) is 39.5 Å². The summed E-state index contributed by atoms with van der Waals surface area (Å²) in [6.07, 6.45) is 7.14. The van der Waals surface area contributed by atoms with Crippen LogP contribution in [0.25, 0.3) is 0 Å². The summed E-state index contributed by atoms with van der Waals surface area (Å²) in [7, 11) is 2.84. The highest BCUT2D eigenvalue weighted by Gasteiger charge is 2.26. The molecule has 19 heteroatoms. The molecule has 1 aliphatic heterocycles. The second-order valence-corrected chi connectivity index (χ2v) is 11.9. The van der Waals surface area contributed by atoms with Gasteiger partial charge in [0, 0.05) is 31.8 Å². The molecule has 1 amide bonds. The molecule has 18 nitrogen and oxygen atoms in total. The molecule has 3 N–H and O–H groups in total. The van der Waals surface area contributed by atoms with Crippen LogP contribution in [0.4, 0.5) is 33.9 Å². The molecular formula is C31H35ClN14O4. The molecule has 5 heterocycles. The number of nitriles is 2.